The number of rotatable bonds is 2. The number of hydrogen-bond donors (Lipinski definition) is 0. The highest BCUT2D eigenvalue weighted by atomic mass is 16.6. The highest BCUT2D eigenvalue weighted by Gasteiger charge is 2.28. The first-order valence-electron chi connectivity index (χ1n) is 10.1. The van der Waals surface area contributed by atoms with Crippen molar-refractivity contribution in [3.05, 3.63) is 42.2 Å². The highest BCUT2D eigenvalue weighted by molar-refractivity contribution is 5.82. The third kappa shape index (κ3) is 4.09. The SMILES string of the molecule is Cc1ncccc1-c1ccc2c(c1)nnn2C1CCN(C(=O)OC(C)(C)C)CC1. The fourth-order valence-corrected chi connectivity index (χ4v) is 3.79. The van der Waals surface area contributed by atoms with Crippen LogP contribution in [-0.2, 0) is 4.74 Å². The van der Waals surface area contributed by atoms with Gasteiger partial charge in [-0.25, -0.2) is 9.48 Å². The van der Waals surface area contributed by atoms with E-state index in [1.807, 2.05) is 38.4 Å². The van der Waals surface area contributed by atoms with Crippen molar-refractivity contribution in [2.75, 3.05) is 13.1 Å². The minimum atomic E-state index is -0.472. The number of amides is 1. The number of ether oxygens (including phenoxy) is 1. The van der Waals surface area contributed by atoms with Gasteiger partial charge in [0.1, 0.15) is 11.1 Å². The maximum Gasteiger partial charge on any atom is 0.410 e. The molecule has 0 aliphatic carbocycles. The molecule has 1 aliphatic rings. The van der Waals surface area contributed by atoms with Gasteiger partial charge in [-0.1, -0.05) is 17.3 Å². The van der Waals surface area contributed by atoms with Gasteiger partial charge in [0, 0.05) is 30.5 Å². The number of aryl methyl sites for hydroxylation is 1. The molecular weight excluding hydrogens is 366 g/mol. The van der Waals surface area contributed by atoms with E-state index in [1.165, 1.54) is 0 Å². The number of pyridine rings is 1. The fourth-order valence-electron chi connectivity index (χ4n) is 3.79. The van der Waals surface area contributed by atoms with Crippen molar-refractivity contribution < 1.29 is 9.53 Å². The minimum absolute atomic E-state index is 0.227. The van der Waals surface area contributed by atoms with E-state index in [4.69, 9.17) is 4.74 Å². The van der Waals surface area contributed by atoms with E-state index in [9.17, 15) is 4.79 Å². The number of carbonyl (C=O) groups is 1. The van der Waals surface area contributed by atoms with Crippen molar-refractivity contribution >= 4 is 17.1 Å². The fraction of sp³-hybridized carbons (Fsp3) is 0.455. The second-order valence-corrected chi connectivity index (χ2v) is 8.57. The van der Waals surface area contributed by atoms with Gasteiger partial charge in [0.15, 0.2) is 0 Å². The summed E-state index contributed by atoms with van der Waals surface area (Å²) in [5, 5.41) is 8.82. The molecular formula is C22H27N5O2. The van der Waals surface area contributed by atoms with Crippen LogP contribution in [0.5, 0.6) is 0 Å². The van der Waals surface area contributed by atoms with Gasteiger partial charge < -0.3 is 9.64 Å². The van der Waals surface area contributed by atoms with Crippen LogP contribution >= 0.6 is 0 Å². The third-order valence-electron chi connectivity index (χ3n) is 5.25. The second-order valence-electron chi connectivity index (χ2n) is 8.57. The molecule has 0 radical (unpaired) electrons. The average molecular weight is 393 g/mol. The van der Waals surface area contributed by atoms with Crippen molar-refractivity contribution in [2.45, 2.75) is 52.2 Å². The summed E-state index contributed by atoms with van der Waals surface area (Å²) < 4.78 is 7.49. The van der Waals surface area contributed by atoms with Crippen molar-refractivity contribution in [1.82, 2.24) is 24.9 Å². The van der Waals surface area contributed by atoms with Crippen molar-refractivity contribution in [1.29, 1.82) is 0 Å². The predicted molar refractivity (Wildman–Crippen MR) is 112 cm³/mol. The van der Waals surface area contributed by atoms with Crippen molar-refractivity contribution in [2.24, 2.45) is 0 Å². The lowest BCUT2D eigenvalue weighted by atomic mass is 10.0. The molecule has 1 aromatic carbocycles. The summed E-state index contributed by atoms with van der Waals surface area (Å²) in [7, 11) is 0. The van der Waals surface area contributed by atoms with Crippen LogP contribution in [0.15, 0.2) is 36.5 Å². The summed E-state index contributed by atoms with van der Waals surface area (Å²) in [5.41, 5.74) is 4.62. The van der Waals surface area contributed by atoms with Crippen LogP contribution in [0, 0.1) is 6.92 Å². The normalized spacial score (nSPS) is 15.7. The monoisotopic (exact) mass is 393 g/mol. The lowest BCUT2D eigenvalue weighted by Gasteiger charge is -2.33. The summed E-state index contributed by atoms with van der Waals surface area (Å²) >= 11 is 0. The molecule has 1 fully saturated rings. The number of likely N-dealkylation sites (tertiary alicyclic amines) is 1. The van der Waals surface area contributed by atoms with Gasteiger partial charge in [0.05, 0.1) is 11.6 Å². The molecule has 0 bridgehead atoms. The Kier molecular flexibility index (Phi) is 4.98. The standard InChI is InChI=1S/C22H27N5O2/c1-15-18(6-5-11-23-15)16-7-8-20-19(14-16)24-25-27(20)17-9-12-26(13-10-17)21(28)29-22(2,3)4/h5-8,11,14,17H,9-10,12-13H2,1-4H3. The summed E-state index contributed by atoms with van der Waals surface area (Å²) in [6, 6.07) is 10.5. The van der Waals surface area contributed by atoms with Crippen LogP contribution in [0.3, 0.4) is 0 Å². The van der Waals surface area contributed by atoms with Crippen LogP contribution in [0.4, 0.5) is 4.79 Å². The Bertz CT molecular complexity index is 1030. The Balaban J connectivity index is 1.50. The molecule has 152 valence electrons. The Labute approximate surface area is 170 Å². The van der Waals surface area contributed by atoms with Gasteiger partial charge in [-0.2, -0.15) is 0 Å². The van der Waals surface area contributed by atoms with Crippen LogP contribution < -0.4 is 0 Å². The highest BCUT2D eigenvalue weighted by Crippen LogP contribution is 2.29. The smallest absolute Gasteiger partial charge is 0.410 e. The topological polar surface area (TPSA) is 73.1 Å². The second kappa shape index (κ2) is 7.46. The Morgan fingerprint density at radius 2 is 1.93 bits per heavy atom. The maximum absolute atomic E-state index is 12.3. The first kappa shape index (κ1) is 19.4. The molecule has 3 heterocycles. The van der Waals surface area contributed by atoms with Crippen molar-refractivity contribution in [3.8, 4) is 11.1 Å². The largest absolute Gasteiger partial charge is 0.444 e. The molecule has 0 unspecified atom stereocenters. The Morgan fingerprint density at radius 1 is 1.17 bits per heavy atom. The van der Waals surface area contributed by atoms with Crippen LogP contribution in [0.2, 0.25) is 0 Å². The number of hydrogen-bond acceptors (Lipinski definition) is 5. The van der Waals surface area contributed by atoms with Crippen LogP contribution in [0.1, 0.15) is 45.3 Å². The van der Waals surface area contributed by atoms with Gasteiger partial charge in [-0.3, -0.25) is 4.98 Å². The summed E-state index contributed by atoms with van der Waals surface area (Å²) in [4.78, 5) is 18.4. The van der Waals surface area contributed by atoms with Gasteiger partial charge in [0.25, 0.3) is 0 Å². The molecule has 2 aromatic heterocycles. The first-order valence-corrected chi connectivity index (χ1v) is 10.1. The van der Waals surface area contributed by atoms with Crippen LogP contribution in [-0.4, -0.2) is 49.7 Å². The zero-order chi connectivity index (χ0) is 20.6. The molecule has 0 atom stereocenters. The van der Waals surface area contributed by atoms with E-state index < -0.39 is 5.60 Å². The lowest BCUT2D eigenvalue weighted by molar-refractivity contribution is 0.0185. The van der Waals surface area contributed by atoms with E-state index in [2.05, 4.69) is 39.6 Å². The number of piperidine rings is 1. The zero-order valence-electron chi connectivity index (χ0n) is 17.4. The number of fused-ring (bicyclic) bond motifs is 1. The van der Waals surface area contributed by atoms with E-state index in [0.717, 1.165) is 40.7 Å². The van der Waals surface area contributed by atoms with Gasteiger partial charge in [0.2, 0.25) is 0 Å². The van der Waals surface area contributed by atoms with Crippen LogP contribution in [0.25, 0.3) is 22.2 Å². The summed E-state index contributed by atoms with van der Waals surface area (Å²) in [6.07, 6.45) is 3.23. The Morgan fingerprint density at radius 3 is 2.62 bits per heavy atom. The van der Waals surface area contributed by atoms with Gasteiger partial charge in [-0.15, -0.1) is 5.10 Å². The average Bonchev–Trinajstić information content (AvgIpc) is 3.10. The summed E-state index contributed by atoms with van der Waals surface area (Å²) in [6.45, 7) is 9.00. The Hall–Kier alpha value is -2.96. The minimum Gasteiger partial charge on any atom is -0.444 e. The van der Waals surface area contributed by atoms with E-state index in [1.54, 1.807) is 11.1 Å². The molecule has 4 rings (SSSR count). The van der Waals surface area contributed by atoms with E-state index >= 15 is 0 Å². The third-order valence-corrected chi connectivity index (χ3v) is 5.25. The first-order chi connectivity index (χ1) is 13.8. The molecule has 0 N–H and O–H groups in total. The summed E-state index contributed by atoms with van der Waals surface area (Å²) in [5.74, 6) is 0. The molecule has 29 heavy (non-hydrogen) atoms. The maximum atomic E-state index is 12.3. The number of nitrogens with zero attached hydrogens (tertiary/aromatic N) is 5. The quantitative estimate of drug-likeness (QED) is 0.646. The molecule has 0 spiro atoms. The van der Waals surface area contributed by atoms with Gasteiger partial charge >= 0.3 is 6.09 Å². The lowest BCUT2D eigenvalue weighted by Crippen LogP contribution is -2.42. The molecule has 0 saturated carbocycles. The van der Waals surface area contributed by atoms with E-state index in [0.29, 0.717) is 13.1 Å². The predicted octanol–water partition coefficient (Wildman–Crippen LogP) is 4.37. The molecule has 1 saturated heterocycles. The molecule has 3 aromatic rings. The number of benzene rings is 1. The number of carbonyl (C=O) groups excluding carboxylic acids is 1. The molecule has 7 nitrogen and oxygen atoms in total. The molecule has 1 aliphatic heterocycles. The molecule has 1 amide bonds. The number of aromatic nitrogens is 4. The van der Waals surface area contributed by atoms with E-state index in [-0.39, 0.29) is 12.1 Å². The van der Waals surface area contributed by atoms with Crippen molar-refractivity contribution in [3.63, 3.8) is 0 Å². The zero-order valence-corrected chi connectivity index (χ0v) is 17.4. The van der Waals surface area contributed by atoms with Gasteiger partial charge in [-0.05, 0) is 64.3 Å². The molecule has 7 heteroatoms.